The van der Waals surface area contributed by atoms with Gasteiger partial charge in [-0.2, -0.15) is 0 Å². The standard InChI is InChI=1S/C36H36N2O5/c1-26(2)32-36(30-19-11-5-12-20-30,31-21-13-6-14-22-31)43-35(41)38(32)33(39)29(23-27-15-7-3-8-16-27)24-37-34(40)42-25-28-17-9-4-10-18-28/h3-22,26,29,32H,23-25H2,1-2H3,(H,37,40)/t29-,32+/m1/s1. The molecule has 4 aromatic carbocycles. The zero-order chi connectivity index (χ0) is 30.2. The van der Waals surface area contributed by atoms with Gasteiger partial charge >= 0.3 is 12.2 Å². The number of hydrogen-bond acceptors (Lipinski definition) is 5. The van der Waals surface area contributed by atoms with Crippen molar-refractivity contribution in [3.8, 4) is 0 Å². The van der Waals surface area contributed by atoms with E-state index in [1.807, 2.05) is 135 Å². The van der Waals surface area contributed by atoms with Gasteiger partial charge in [0.1, 0.15) is 6.61 Å². The summed E-state index contributed by atoms with van der Waals surface area (Å²) in [6, 6.07) is 37.4. The van der Waals surface area contributed by atoms with Crippen LogP contribution in [0.1, 0.15) is 36.1 Å². The summed E-state index contributed by atoms with van der Waals surface area (Å²) in [6.07, 6.45) is -1.03. The van der Waals surface area contributed by atoms with Gasteiger partial charge in [0, 0.05) is 17.7 Å². The highest BCUT2D eigenvalue weighted by Gasteiger charge is 2.59. The summed E-state index contributed by atoms with van der Waals surface area (Å²) in [5.74, 6) is -1.32. The maximum absolute atomic E-state index is 14.5. The second kappa shape index (κ2) is 13.4. The summed E-state index contributed by atoms with van der Waals surface area (Å²) in [7, 11) is 0. The molecule has 0 radical (unpaired) electrons. The number of nitrogens with zero attached hydrogens (tertiary/aromatic N) is 1. The van der Waals surface area contributed by atoms with E-state index in [4.69, 9.17) is 9.47 Å². The van der Waals surface area contributed by atoms with E-state index in [9.17, 15) is 14.4 Å². The Morgan fingerprint density at radius 1 is 0.791 bits per heavy atom. The van der Waals surface area contributed by atoms with Gasteiger partial charge in [-0.25, -0.2) is 14.5 Å². The minimum absolute atomic E-state index is 0.0143. The molecule has 7 heteroatoms. The molecular weight excluding hydrogens is 540 g/mol. The Hall–Kier alpha value is -4.91. The molecule has 0 spiro atoms. The maximum atomic E-state index is 14.5. The van der Waals surface area contributed by atoms with Crippen LogP contribution in [-0.4, -0.2) is 35.6 Å². The first-order valence-corrected chi connectivity index (χ1v) is 14.6. The number of hydrogen-bond donors (Lipinski definition) is 1. The molecule has 1 saturated heterocycles. The van der Waals surface area contributed by atoms with Gasteiger partial charge in [0.2, 0.25) is 5.91 Å². The lowest BCUT2D eigenvalue weighted by atomic mass is 9.75. The van der Waals surface area contributed by atoms with E-state index in [-0.39, 0.29) is 19.1 Å². The lowest BCUT2D eigenvalue weighted by Crippen LogP contribution is -2.52. The molecule has 0 bridgehead atoms. The molecule has 1 aliphatic heterocycles. The smallest absolute Gasteiger partial charge is 0.418 e. The summed E-state index contributed by atoms with van der Waals surface area (Å²) in [6.45, 7) is 4.06. The van der Waals surface area contributed by atoms with Crippen LogP contribution in [0.25, 0.3) is 0 Å². The summed E-state index contributed by atoms with van der Waals surface area (Å²) < 4.78 is 11.7. The number of ether oxygens (including phenoxy) is 2. The Labute approximate surface area is 252 Å². The first-order valence-electron chi connectivity index (χ1n) is 14.6. The van der Waals surface area contributed by atoms with Crippen molar-refractivity contribution in [3.63, 3.8) is 0 Å². The molecule has 0 unspecified atom stereocenters. The second-order valence-corrected chi connectivity index (χ2v) is 11.1. The van der Waals surface area contributed by atoms with E-state index < -0.39 is 35.7 Å². The number of carbonyl (C=O) groups excluding carboxylic acids is 3. The van der Waals surface area contributed by atoms with Crippen LogP contribution in [0.4, 0.5) is 9.59 Å². The van der Waals surface area contributed by atoms with Crippen LogP contribution in [0.3, 0.4) is 0 Å². The van der Waals surface area contributed by atoms with Crippen molar-refractivity contribution >= 4 is 18.1 Å². The molecule has 220 valence electrons. The van der Waals surface area contributed by atoms with Gasteiger partial charge in [-0.15, -0.1) is 0 Å². The van der Waals surface area contributed by atoms with E-state index >= 15 is 0 Å². The Morgan fingerprint density at radius 3 is 1.79 bits per heavy atom. The van der Waals surface area contributed by atoms with E-state index in [0.717, 1.165) is 22.3 Å². The monoisotopic (exact) mass is 576 g/mol. The maximum Gasteiger partial charge on any atom is 0.418 e. The van der Waals surface area contributed by atoms with Crippen molar-refractivity contribution < 1.29 is 23.9 Å². The van der Waals surface area contributed by atoms with Crippen LogP contribution >= 0.6 is 0 Å². The first-order chi connectivity index (χ1) is 20.9. The molecular formula is C36H36N2O5. The van der Waals surface area contributed by atoms with Gasteiger partial charge in [0.05, 0.1) is 12.0 Å². The molecule has 1 fully saturated rings. The normalized spacial score (nSPS) is 16.4. The summed E-state index contributed by atoms with van der Waals surface area (Å²) in [5, 5.41) is 2.76. The van der Waals surface area contributed by atoms with Gasteiger partial charge in [0.25, 0.3) is 0 Å². The Morgan fingerprint density at radius 2 is 1.28 bits per heavy atom. The average Bonchev–Trinajstić information content (AvgIpc) is 3.37. The number of benzene rings is 4. The molecule has 0 aromatic heterocycles. The quantitative estimate of drug-likeness (QED) is 0.227. The Balaban J connectivity index is 1.45. The summed E-state index contributed by atoms with van der Waals surface area (Å²) >= 11 is 0. The molecule has 0 aliphatic carbocycles. The number of alkyl carbamates (subject to hydrolysis) is 1. The van der Waals surface area contributed by atoms with Crippen molar-refractivity contribution in [2.24, 2.45) is 11.8 Å². The molecule has 1 N–H and O–H groups in total. The van der Waals surface area contributed by atoms with Crippen LogP contribution in [0, 0.1) is 11.8 Å². The molecule has 2 atom stereocenters. The van der Waals surface area contributed by atoms with Crippen molar-refractivity contribution in [2.45, 2.75) is 38.5 Å². The number of rotatable bonds is 10. The Bertz CT molecular complexity index is 1470. The third-order valence-electron chi connectivity index (χ3n) is 7.79. The minimum atomic E-state index is -1.21. The van der Waals surface area contributed by atoms with E-state index in [2.05, 4.69) is 5.32 Å². The molecule has 43 heavy (non-hydrogen) atoms. The van der Waals surface area contributed by atoms with Crippen LogP contribution in [0.2, 0.25) is 0 Å². The highest BCUT2D eigenvalue weighted by Crippen LogP contribution is 2.47. The number of nitrogens with one attached hydrogen (secondary N) is 1. The predicted molar refractivity (Wildman–Crippen MR) is 164 cm³/mol. The molecule has 1 aliphatic rings. The van der Waals surface area contributed by atoms with E-state index in [0.29, 0.717) is 6.42 Å². The van der Waals surface area contributed by atoms with Gasteiger partial charge in [-0.3, -0.25) is 4.79 Å². The third-order valence-corrected chi connectivity index (χ3v) is 7.79. The lowest BCUT2D eigenvalue weighted by Gasteiger charge is -2.38. The first kappa shape index (κ1) is 29.6. The highest BCUT2D eigenvalue weighted by atomic mass is 16.6. The highest BCUT2D eigenvalue weighted by molar-refractivity contribution is 5.96. The number of carbonyl (C=O) groups is 3. The largest absolute Gasteiger partial charge is 0.445 e. The average molecular weight is 577 g/mol. The van der Waals surface area contributed by atoms with Gasteiger partial charge in [-0.05, 0) is 23.5 Å². The van der Waals surface area contributed by atoms with Crippen molar-refractivity contribution in [1.82, 2.24) is 10.2 Å². The second-order valence-electron chi connectivity index (χ2n) is 11.1. The molecule has 1 heterocycles. The fourth-order valence-electron chi connectivity index (χ4n) is 5.86. The fourth-order valence-corrected chi connectivity index (χ4v) is 5.86. The van der Waals surface area contributed by atoms with Crippen molar-refractivity contribution in [3.05, 3.63) is 144 Å². The lowest BCUT2D eigenvalue weighted by molar-refractivity contribution is -0.134. The number of imide groups is 1. The van der Waals surface area contributed by atoms with Crippen LogP contribution in [-0.2, 0) is 32.9 Å². The van der Waals surface area contributed by atoms with E-state index in [1.54, 1.807) is 0 Å². The molecule has 3 amide bonds. The minimum Gasteiger partial charge on any atom is -0.445 e. The van der Waals surface area contributed by atoms with Crippen LogP contribution in [0.5, 0.6) is 0 Å². The van der Waals surface area contributed by atoms with Gasteiger partial charge in [0.15, 0.2) is 5.60 Å². The fraction of sp³-hybridized carbons (Fsp3) is 0.250. The molecule has 4 aromatic rings. The SMILES string of the molecule is CC(C)[C@@H]1N(C(=O)[C@@H](CNC(=O)OCc2ccccc2)Cc2ccccc2)C(=O)OC1(c1ccccc1)c1ccccc1. The van der Waals surface area contributed by atoms with Crippen LogP contribution in [0.15, 0.2) is 121 Å². The van der Waals surface area contributed by atoms with Crippen LogP contribution < -0.4 is 5.32 Å². The molecule has 7 nitrogen and oxygen atoms in total. The zero-order valence-corrected chi connectivity index (χ0v) is 24.4. The summed E-state index contributed by atoms with van der Waals surface area (Å²) in [4.78, 5) is 42.2. The molecule has 0 saturated carbocycles. The summed E-state index contributed by atoms with van der Waals surface area (Å²) in [5.41, 5.74) is 2.12. The third kappa shape index (κ3) is 6.46. The number of cyclic esters (lactones) is 1. The Kier molecular flexibility index (Phi) is 9.20. The number of amides is 3. The van der Waals surface area contributed by atoms with Crippen molar-refractivity contribution in [2.75, 3.05) is 6.54 Å². The molecule has 5 rings (SSSR count). The van der Waals surface area contributed by atoms with Gasteiger partial charge in [-0.1, -0.05) is 135 Å². The topological polar surface area (TPSA) is 84.9 Å². The predicted octanol–water partition coefficient (Wildman–Crippen LogP) is 6.72. The van der Waals surface area contributed by atoms with E-state index in [1.165, 1.54) is 4.90 Å². The zero-order valence-electron chi connectivity index (χ0n) is 24.4. The van der Waals surface area contributed by atoms with Crippen molar-refractivity contribution in [1.29, 1.82) is 0 Å². The van der Waals surface area contributed by atoms with Gasteiger partial charge < -0.3 is 14.8 Å².